The van der Waals surface area contributed by atoms with Gasteiger partial charge in [-0.3, -0.25) is 4.79 Å². The van der Waals surface area contributed by atoms with Gasteiger partial charge in [0.05, 0.1) is 6.61 Å². The Bertz CT molecular complexity index is 763. The van der Waals surface area contributed by atoms with Gasteiger partial charge in [-0.25, -0.2) is 14.1 Å². The number of rotatable bonds is 6. The van der Waals surface area contributed by atoms with Crippen molar-refractivity contribution in [2.45, 2.75) is 37.9 Å². The molecule has 0 spiro atoms. The lowest BCUT2D eigenvalue weighted by atomic mass is 9.96. The molecule has 2 unspecified atom stereocenters. The SMILES string of the molecule is CCOC(=O)C(Cl)Cc1cc(C2(C)N=NC(=O)N2C(F)F)c(F)cc1Cl. The molecule has 2 atom stereocenters. The number of hydrogen-bond acceptors (Lipinski definition) is 4. The van der Waals surface area contributed by atoms with E-state index in [0.717, 1.165) is 19.1 Å². The van der Waals surface area contributed by atoms with Crippen molar-refractivity contribution in [1.82, 2.24) is 4.90 Å². The van der Waals surface area contributed by atoms with Gasteiger partial charge >= 0.3 is 18.5 Å². The number of alkyl halides is 3. The van der Waals surface area contributed by atoms with E-state index in [1.807, 2.05) is 0 Å². The maximum Gasteiger partial charge on any atom is 0.368 e. The van der Waals surface area contributed by atoms with Crippen LogP contribution in [0.4, 0.5) is 18.0 Å². The van der Waals surface area contributed by atoms with Crippen LogP contribution in [0.15, 0.2) is 22.4 Å². The average Bonchev–Trinajstić information content (AvgIpc) is 2.85. The third kappa shape index (κ3) is 3.78. The number of benzene rings is 1. The van der Waals surface area contributed by atoms with Gasteiger partial charge in [-0.15, -0.1) is 16.7 Å². The zero-order valence-corrected chi connectivity index (χ0v) is 15.2. The second-order valence-corrected chi connectivity index (χ2v) is 6.43. The van der Waals surface area contributed by atoms with Crippen molar-refractivity contribution in [2.24, 2.45) is 10.2 Å². The molecule has 0 bridgehead atoms. The smallest absolute Gasteiger partial charge is 0.368 e. The first-order valence-electron chi connectivity index (χ1n) is 7.45. The average molecular weight is 412 g/mol. The Hall–Kier alpha value is -1.87. The number of ether oxygens (including phenoxy) is 1. The van der Waals surface area contributed by atoms with Gasteiger partial charge in [-0.2, -0.15) is 8.78 Å². The number of esters is 1. The zero-order chi connectivity index (χ0) is 19.6. The van der Waals surface area contributed by atoms with E-state index in [-0.39, 0.29) is 34.1 Å². The highest BCUT2D eigenvalue weighted by molar-refractivity contribution is 6.32. The van der Waals surface area contributed by atoms with Gasteiger partial charge in [0.15, 0.2) is 5.66 Å². The van der Waals surface area contributed by atoms with Crippen LogP contribution >= 0.6 is 23.2 Å². The van der Waals surface area contributed by atoms with Crippen LogP contribution in [0.1, 0.15) is 25.0 Å². The number of amides is 2. The van der Waals surface area contributed by atoms with Crippen molar-refractivity contribution in [3.63, 3.8) is 0 Å². The lowest BCUT2D eigenvalue weighted by Crippen LogP contribution is -2.45. The summed E-state index contributed by atoms with van der Waals surface area (Å²) in [7, 11) is 0. The summed E-state index contributed by atoms with van der Waals surface area (Å²) < 4.78 is 45.7. The minimum Gasteiger partial charge on any atom is -0.465 e. The highest BCUT2D eigenvalue weighted by atomic mass is 35.5. The molecule has 6 nitrogen and oxygen atoms in total. The Morgan fingerprint density at radius 3 is 2.65 bits per heavy atom. The molecule has 0 saturated carbocycles. The molecule has 11 heteroatoms. The predicted octanol–water partition coefficient (Wildman–Crippen LogP) is 4.48. The summed E-state index contributed by atoms with van der Waals surface area (Å²) in [6.07, 6.45) is -0.137. The number of nitrogens with zero attached hydrogens (tertiary/aromatic N) is 3. The van der Waals surface area contributed by atoms with Crippen LogP contribution < -0.4 is 0 Å². The second kappa shape index (κ2) is 7.79. The lowest BCUT2D eigenvalue weighted by molar-refractivity contribution is -0.142. The summed E-state index contributed by atoms with van der Waals surface area (Å²) in [5.74, 6) is -1.66. The fourth-order valence-corrected chi connectivity index (χ4v) is 2.96. The van der Waals surface area contributed by atoms with Crippen LogP contribution in [0.25, 0.3) is 0 Å². The summed E-state index contributed by atoms with van der Waals surface area (Å²) in [6.45, 7) is -0.408. The number of urea groups is 1. The number of carbonyl (C=O) groups excluding carboxylic acids is 2. The van der Waals surface area contributed by atoms with Crippen LogP contribution in [0.5, 0.6) is 0 Å². The van der Waals surface area contributed by atoms with E-state index in [4.69, 9.17) is 27.9 Å². The van der Waals surface area contributed by atoms with Crippen LogP contribution in [-0.4, -0.2) is 35.4 Å². The highest BCUT2D eigenvalue weighted by Crippen LogP contribution is 2.40. The van der Waals surface area contributed by atoms with Gasteiger partial charge in [0, 0.05) is 17.0 Å². The second-order valence-electron chi connectivity index (χ2n) is 5.50. The fraction of sp³-hybridized carbons (Fsp3) is 0.467. The minimum absolute atomic E-state index is 0.0482. The molecule has 2 amide bonds. The van der Waals surface area contributed by atoms with Crippen LogP contribution in [0, 0.1) is 5.82 Å². The van der Waals surface area contributed by atoms with Gasteiger partial charge in [0.1, 0.15) is 11.2 Å². The molecule has 1 heterocycles. The molecule has 1 aromatic carbocycles. The first kappa shape index (κ1) is 20.4. The quantitative estimate of drug-likeness (QED) is 0.393. The molecule has 0 aliphatic carbocycles. The standard InChI is InChI=1S/C15H14Cl2F3N3O3/c1-3-26-12(24)10(17)5-7-4-8(11(18)6-9(7)16)15(2)22-21-14(25)23(15)13(19)20/h4,6,10,13H,3,5H2,1-2H3. The Morgan fingerprint density at radius 1 is 1.42 bits per heavy atom. The summed E-state index contributed by atoms with van der Waals surface area (Å²) in [5, 5.41) is 5.44. The molecule has 1 aromatic rings. The van der Waals surface area contributed by atoms with Crippen molar-refractivity contribution >= 4 is 35.2 Å². The predicted molar refractivity (Wildman–Crippen MR) is 86.8 cm³/mol. The molecule has 1 aliphatic heterocycles. The number of azo groups is 1. The Morgan fingerprint density at radius 2 is 2.08 bits per heavy atom. The molecule has 0 radical (unpaired) electrons. The highest BCUT2D eigenvalue weighted by Gasteiger charge is 2.48. The molecule has 0 fully saturated rings. The Kier molecular flexibility index (Phi) is 6.13. The van der Waals surface area contributed by atoms with E-state index in [0.29, 0.717) is 0 Å². The third-order valence-corrected chi connectivity index (χ3v) is 4.47. The molecule has 142 valence electrons. The zero-order valence-electron chi connectivity index (χ0n) is 13.7. The summed E-state index contributed by atoms with van der Waals surface area (Å²) in [5.41, 5.74) is -2.19. The van der Waals surface area contributed by atoms with Gasteiger partial charge in [-0.1, -0.05) is 16.7 Å². The first-order chi connectivity index (χ1) is 12.1. The van der Waals surface area contributed by atoms with Crippen molar-refractivity contribution in [2.75, 3.05) is 6.61 Å². The molecular weight excluding hydrogens is 398 g/mol. The molecule has 0 aromatic heterocycles. The van der Waals surface area contributed by atoms with Crippen molar-refractivity contribution in [3.8, 4) is 0 Å². The molecule has 0 N–H and O–H groups in total. The van der Waals surface area contributed by atoms with E-state index in [2.05, 4.69) is 10.2 Å². The largest absolute Gasteiger partial charge is 0.465 e. The molecule has 0 saturated heterocycles. The summed E-state index contributed by atoms with van der Waals surface area (Å²) >= 11 is 11.9. The Balaban J connectivity index is 2.43. The van der Waals surface area contributed by atoms with Crippen molar-refractivity contribution in [3.05, 3.63) is 34.1 Å². The maximum absolute atomic E-state index is 14.4. The number of carbonyl (C=O) groups is 2. The normalized spacial score (nSPS) is 20.8. The van der Waals surface area contributed by atoms with Gasteiger partial charge in [-0.05, 0) is 31.5 Å². The van der Waals surface area contributed by atoms with E-state index < -0.39 is 35.4 Å². The van der Waals surface area contributed by atoms with E-state index in [9.17, 15) is 22.8 Å². The monoisotopic (exact) mass is 411 g/mol. The summed E-state index contributed by atoms with van der Waals surface area (Å²) in [4.78, 5) is 23.3. The van der Waals surface area contributed by atoms with Gasteiger partial charge < -0.3 is 4.74 Å². The van der Waals surface area contributed by atoms with Crippen LogP contribution in [0.3, 0.4) is 0 Å². The van der Waals surface area contributed by atoms with Crippen LogP contribution in [0.2, 0.25) is 5.02 Å². The van der Waals surface area contributed by atoms with Gasteiger partial charge in [0.25, 0.3) is 0 Å². The number of halogens is 5. The van der Waals surface area contributed by atoms with Crippen molar-refractivity contribution in [1.29, 1.82) is 0 Å². The fourth-order valence-electron chi connectivity index (χ4n) is 2.50. The molecular formula is C15H14Cl2F3N3O3. The first-order valence-corrected chi connectivity index (χ1v) is 8.26. The van der Waals surface area contributed by atoms with E-state index in [1.165, 1.54) is 0 Å². The topological polar surface area (TPSA) is 71.3 Å². The summed E-state index contributed by atoms with van der Waals surface area (Å²) in [6, 6.07) is 0.730. The van der Waals surface area contributed by atoms with E-state index >= 15 is 0 Å². The van der Waals surface area contributed by atoms with Gasteiger partial charge in [0.2, 0.25) is 0 Å². The lowest BCUT2D eigenvalue weighted by Gasteiger charge is -2.31. The van der Waals surface area contributed by atoms with Crippen LogP contribution in [-0.2, 0) is 21.6 Å². The Labute approximate surface area is 156 Å². The molecule has 26 heavy (non-hydrogen) atoms. The van der Waals surface area contributed by atoms with E-state index in [1.54, 1.807) is 6.92 Å². The van der Waals surface area contributed by atoms with Crippen molar-refractivity contribution < 1.29 is 27.5 Å². The maximum atomic E-state index is 14.4. The number of hydrogen-bond donors (Lipinski definition) is 0. The minimum atomic E-state index is -3.25. The molecule has 2 rings (SSSR count). The third-order valence-electron chi connectivity index (χ3n) is 3.79. The molecule has 1 aliphatic rings.